The molecule has 0 atom stereocenters. The molecule has 0 fully saturated rings. The van der Waals surface area contributed by atoms with E-state index in [1.807, 2.05) is 0 Å². The average molecular weight is 361 g/mol. The molecule has 140 valence electrons. The van der Waals surface area contributed by atoms with Crippen molar-refractivity contribution in [3.8, 4) is 0 Å². The van der Waals surface area contributed by atoms with Gasteiger partial charge in [-0.1, -0.05) is 13.8 Å². The van der Waals surface area contributed by atoms with Crippen LogP contribution in [0, 0.1) is 16.0 Å². The molecule has 1 amide bonds. The second kappa shape index (κ2) is 9.24. The summed E-state index contributed by atoms with van der Waals surface area (Å²) in [7, 11) is 0. The Balaban J connectivity index is 2.54. The highest BCUT2D eigenvalue weighted by atomic mass is 19.4. The van der Waals surface area contributed by atoms with Crippen LogP contribution in [0.2, 0.25) is 0 Å². The van der Waals surface area contributed by atoms with Crippen molar-refractivity contribution in [2.24, 2.45) is 5.92 Å². The third-order valence-corrected chi connectivity index (χ3v) is 3.47. The molecule has 1 aromatic carbocycles. The molecule has 0 heterocycles. The maximum absolute atomic E-state index is 12.6. The number of rotatable bonds is 9. The molecule has 0 bridgehead atoms. The van der Waals surface area contributed by atoms with Gasteiger partial charge in [-0.2, -0.15) is 13.2 Å². The highest BCUT2D eigenvalue weighted by Crippen LogP contribution is 2.34. The van der Waals surface area contributed by atoms with Crippen LogP contribution in [0.25, 0.3) is 0 Å². The van der Waals surface area contributed by atoms with Gasteiger partial charge in [0.15, 0.2) is 0 Å². The molecule has 6 nitrogen and oxygen atoms in total. The standard InChI is InChI=1S/C16H22F3N3O3/c1-11(2)4-3-8-21-15(23)7-9-20-13-6-5-12(16(17,18)19)10-14(13)22(24)25/h5-6,10-11,20H,3-4,7-9H2,1-2H3,(H,21,23). The number of nitrogens with one attached hydrogen (secondary N) is 2. The molecule has 25 heavy (non-hydrogen) atoms. The van der Waals surface area contributed by atoms with Crippen molar-refractivity contribution in [3.63, 3.8) is 0 Å². The fourth-order valence-electron chi connectivity index (χ4n) is 2.15. The molecule has 0 saturated carbocycles. The minimum atomic E-state index is -4.65. The normalized spacial score (nSPS) is 11.4. The highest BCUT2D eigenvalue weighted by molar-refractivity contribution is 5.76. The molecule has 0 radical (unpaired) electrons. The van der Waals surface area contributed by atoms with Gasteiger partial charge in [-0.05, 0) is 30.9 Å². The quantitative estimate of drug-likeness (QED) is 0.396. The van der Waals surface area contributed by atoms with Gasteiger partial charge in [0, 0.05) is 25.6 Å². The first-order valence-electron chi connectivity index (χ1n) is 7.97. The molecular weight excluding hydrogens is 339 g/mol. The van der Waals surface area contributed by atoms with Gasteiger partial charge in [0.05, 0.1) is 10.5 Å². The van der Waals surface area contributed by atoms with E-state index in [1.165, 1.54) is 0 Å². The van der Waals surface area contributed by atoms with Crippen molar-refractivity contribution in [1.82, 2.24) is 5.32 Å². The SMILES string of the molecule is CC(C)CCCNC(=O)CCNc1ccc(C(F)(F)F)cc1[N+](=O)[O-]. The van der Waals surface area contributed by atoms with E-state index in [1.54, 1.807) is 0 Å². The Hall–Kier alpha value is -2.32. The van der Waals surface area contributed by atoms with Crippen molar-refractivity contribution >= 4 is 17.3 Å². The van der Waals surface area contributed by atoms with Crippen molar-refractivity contribution in [1.29, 1.82) is 0 Å². The van der Waals surface area contributed by atoms with Crippen molar-refractivity contribution in [3.05, 3.63) is 33.9 Å². The first-order valence-corrected chi connectivity index (χ1v) is 7.97. The van der Waals surface area contributed by atoms with Crippen LogP contribution in [0.15, 0.2) is 18.2 Å². The predicted octanol–water partition coefficient (Wildman–Crippen LogP) is 3.97. The molecule has 1 rings (SSSR count). The lowest BCUT2D eigenvalue weighted by atomic mass is 10.1. The molecule has 0 aliphatic carbocycles. The van der Waals surface area contributed by atoms with Gasteiger partial charge in [-0.3, -0.25) is 14.9 Å². The fourth-order valence-corrected chi connectivity index (χ4v) is 2.15. The first-order chi connectivity index (χ1) is 11.6. The van der Waals surface area contributed by atoms with E-state index in [9.17, 15) is 28.1 Å². The number of carbonyl (C=O) groups is 1. The van der Waals surface area contributed by atoms with Gasteiger partial charge >= 0.3 is 6.18 Å². The van der Waals surface area contributed by atoms with Crippen LogP contribution < -0.4 is 10.6 Å². The number of anilines is 1. The number of nitro groups is 1. The summed E-state index contributed by atoms with van der Waals surface area (Å²) in [5, 5.41) is 16.3. The monoisotopic (exact) mass is 361 g/mol. The maximum atomic E-state index is 12.6. The van der Waals surface area contributed by atoms with E-state index in [-0.39, 0.29) is 24.6 Å². The van der Waals surface area contributed by atoms with E-state index in [2.05, 4.69) is 24.5 Å². The number of amides is 1. The van der Waals surface area contributed by atoms with Crippen LogP contribution in [0.1, 0.15) is 38.7 Å². The molecule has 0 aromatic heterocycles. The molecule has 0 aliphatic rings. The molecule has 0 spiro atoms. The third kappa shape index (κ3) is 7.40. The Morgan fingerprint density at radius 2 is 1.96 bits per heavy atom. The molecule has 2 N–H and O–H groups in total. The lowest BCUT2D eigenvalue weighted by Gasteiger charge is -2.11. The topological polar surface area (TPSA) is 84.3 Å². The van der Waals surface area contributed by atoms with Crippen LogP contribution in [0.5, 0.6) is 0 Å². The first kappa shape index (κ1) is 20.7. The van der Waals surface area contributed by atoms with Crippen LogP contribution >= 0.6 is 0 Å². The Bertz CT molecular complexity index is 604. The van der Waals surface area contributed by atoms with Gasteiger partial charge in [0.2, 0.25) is 5.91 Å². The Morgan fingerprint density at radius 3 is 2.52 bits per heavy atom. The molecule has 1 aromatic rings. The van der Waals surface area contributed by atoms with Crippen LogP contribution in [-0.4, -0.2) is 23.9 Å². The number of hydrogen-bond acceptors (Lipinski definition) is 4. The molecular formula is C16H22F3N3O3. The highest BCUT2D eigenvalue weighted by Gasteiger charge is 2.33. The largest absolute Gasteiger partial charge is 0.416 e. The van der Waals surface area contributed by atoms with E-state index in [0.29, 0.717) is 18.5 Å². The average Bonchev–Trinajstić information content (AvgIpc) is 2.50. The zero-order chi connectivity index (χ0) is 19.0. The Labute approximate surface area is 143 Å². The van der Waals surface area contributed by atoms with Gasteiger partial charge in [-0.15, -0.1) is 0 Å². The van der Waals surface area contributed by atoms with E-state index in [0.717, 1.165) is 25.0 Å². The number of halogens is 3. The van der Waals surface area contributed by atoms with Crippen LogP contribution in [0.3, 0.4) is 0 Å². The summed E-state index contributed by atoms with van der Waals surface area (Å²) in [5.41, 5.74) is -1.81. The Morgan fingerprint density at radius 1 is 1.28 bits per heavy atom. The minimum Gasteiger partial charge on any atom is -0.379 e. The zero-order valence-corrected chi connectivity index (χ0v) is 14.2. The third-order valence-electron chi connectivity index (χ3n) is 3.47. The second-order valence-corrected chi connectivity index (χ2v) is 6.05. The second-order valence-electron chi connectivity index (χ2n) is 6.05. The predicted molar refractivity (Wildman–Crippen MR) is 88.3 cm³/mol. The molecule has 0 unspecified atom stereocenters. The summed E-state index contributed by atoms with van der Waals surface area (Å²) in [6.07, 6.45) is -2.73. The zero-order valence-electron chi connectivity index (χ0n) is 14.2. The number of benzene rings is 1. The summed E-state index contributed by atoms with van der Waals surface area (Å²) in [6.45, 7) is 4.81. The maximum Gasteiger partial charge on any atom is 0.416 e. The van der Waals surface area contributed by atoms with Crippen molar-refractivity contribution < 1.29 is 22.9 Å². The summed E-state index contributed by atoms with van der Waals surface area (Å²) >= 11 is 0. The number of hydrogen-bond donors (Lipinski definition) is 2. The lowest BCUT2D eigenvalue weighted by Crippen LogP contribution is -2.26. The number of carbonyl (C=O) groups excluding carboxylic acids is 1. The summed E-state index contributed by atoms with van der Waals surface area (Å²) in [6, 6.07) is 2.25. The minimum absolute atomic E-state index is 0.0504. The number of nitro benzene ring substituents is 1. The number of nitrogens with zero attached hydrogens (tertiary/aromatic N) is 1. The summed E-state index contributed by atoms with van der Waals surface area (Å²) in [5.74, 6) is 0.338. The molecule has 0 saturated heterocycles. The van der Waals surface area contributed by atoms with Gasteiger partial charge in [0.1, 0.15) is 5.69 Å². The smallest absolute Gasteiger partial charge is 0.379 e. The van der Waals surface area contributed by atoms with E-state index in [4.69, 9.17) is 0 Å². The van der Waals surface area contributed by atoms with Gasteiger partial charge in [-0.25, -0.2) is 0 Å². The Kier molecular flexibility index (Phi) is 7.66. The van der Waals surface area contributed by atoms with Crippen molar-refractivity contribution in [2.75, 3.05) is 18.4 Å². The lowest BCUT2D eigenvalue weighted by molar-refractivity contribution is -0.384. The van der Waals surface area contributed by atoms with E-state index >= 15 is 0 Å². The van der Waals surface area contributed by atoms with Crippen LogP contribution in [0.4, 0.5) is 24.5 Å². The van der Waals surface area contributed by atoms with Gasteiger partial charge < -0.3 is 10.6 Å². The fraction of sp³-hybridized carbons (Fsp3) is 0.562. The molecule has 9 heteroatoms. The van der Waals surface area contributed by atoms with Crippen LogP contribution in [-0.2, 0) is 11.0 Å². The summed E-state index contributed by atoms with van der Waals surface area (Å²) in [4.78, 5) is 21.7. The number of alkyl halides is 3. The summed E-state index contributed by atoms with van der Waals surface area (Å²) < 4.78 is 37.9. The van der Waals surface area contributed by atoms with Crippen molar-refractivity contribution in [2.45, 2.75) is 39.3 Å². The van der Waals surface area contributed by atoms with Gasteiger partial charge in [0.25, 0.3) is 5.69 Å². The van der Waals surface area contributed by atoms with E-state index < -0.39 is 22.4 Å². The molecule has 0 aliphatic heterocycles.